The van der Waals surface area contributed by atoms with E-state index in [4.69, 9.17) is 10.1 Å². The summed E-state index contributed by atoms with van der Waals surface area (Å²) in [5, 5.41) is 7.89. The summed E-state index contributed by atoms with van der Waals surface area (Å²) >= 11 is 0. The van der Waals surface area contributed by atoms with Crippen molar-refractivity contribution in [2.75, 3.05) is 0 Å². The molecule has 0 aliphatic heterocycles. The molecule has 0 fully saturated rings. The van der Waals surface area contributed by atoms with E-state index in [1.54, 1.807) is 0 Å². The number of rotatable bonds is 0. The van der Waals surface area contributed by atoms with E-state index < -0.39 is 0 Å². The van der Waals surface area contributed by atoms with Crippen LogP contribution in [0, 0.1) is 4.91 Å². The first-order valence-corrected chi connectivity index (χ1v) is 0.383. The summed E-state index contributed by atoms with van der Waals surface area (Å²) in [7, 11) is 0. The Bertz CT molecular complexity index is 13.5. The quantitative estimate of drug-likeness (QED) is 0.243. The van der Waals surface area contributed by atoms with Crippen molar-refractivity contribution in [3.05, 3.63) is 4.91 Å². The van der Waals surface area contributed by atoms with Crippen LogP contribution in [0.1, 0.15) is 0 Å². The van der Waals surface area contributed by atoms with Crippen LogP contribution in [-0.4, -0.2) is 28.3 Å². The Balaban J connectivity index is 0. The van der Waals surface area contributed by atoms with Gasteiger partial charge in [-0.05, 0) is 0 Å². The molecule has 0 aliphatic carbocycles. The molecule has 0 bridgehead atoms. The Labute approximate surface area is 39.1 Å². The average molecular weight is 71.3 g/mol. The molecule has 0 saturated heterocycles. The third-order valence-corrected chi connectivity index (χ3v) is 0. The zero-order valence-corrected chi connectivity index (χ0v) is 3.42. The highest BCUT2D eigenvalue weighted by molar-refractivity contribution is 5.75. The van der Waals surface area contributed by atoms with E-state index in [1.807, 2.05) is 0 Å². The van der Waals surface area contributed by atoms with Crippen molar-refractivity contribution in [1.29, 1.82) is 0 Å². The summed E-state index contributed by atoms with van der Waals surface area (Å²) < 4.78 is 0. The van der Waals surface area contributed by atoms with Crippen molar-refractivity contribution in [1.82, 2.24) is 0 Å². The van der Waals surface area contributed by atoms with E-state index in [1.165, 1.54) is 5.34 Å². The molecule has 0 aromatic rings. The van der Waals surface area contributed by atoms with Gasteiger partial charge in [0.05, 0.1) is 0 Å². The third kappa shape index (κ3) is 107. The normalized spacial score (nSPS) is 3.00. The van der Waals surface area contributed by atoms with Crippen molar-refractivity contribution in [2.24, 2.45) is 5.34 Å². The van der Waals surface area contributed by atoms with Crippen LogP contribution >= 0.6 is 0 Å². The van der Waals surface area contributed by atoms with Gasteiger partial charge in [0.15, 0.2) is 5.34 Å². The monoisotopic (exact) mass is 71.0 g/mol. The van der Waals surface area contributed by atoms with E-state index in [0.717, 1.165) is 0 Å². The van der Waals surface area contributed by atoms with E-state index in [2.05, 4.69) is 0 Å². The minimum Gasteiger partial charge on any atom is -0.379 e. The molecule has 1 N–H and O–H groups in total. The van der Waals surface area contributed by atoms with Crippen molar-refractivity contribution in [2.45, 2.75) is 0 Å². The Kier molecular flexibility index (Phi) is 24.3. The Hall–Kier alpha value is 0.166. The SMILES string of the molecule is O=NO.[Mg]. The summed E-state index contributed by atoms with van der Waals surface area (Å²) in [5.74, 6) is 0. The maximum atomic E-state index is 8.11. The molecule has 0 rings (SSSR count). The van der Waals surface area contributed by atoms with Crippen LogP contribution in [0.3, 0.4) is 0 Å². The topological polar surface area (TPSA) is 49.7 Å². The first-order valence-electron chi connectivity index (χ1n) is 0.383. The molecule has 4 heteroatoms. The molecule has 0 aromatic carbocycles. The molecular formula is HMgNO2. The molecule has 0 heterocycles. The van der Waals surface area contributed by atoms with Gasteiger partial charge in [-0.25, -0.2) is 0 Å². The second-order valence-corrected chi connectivity index (χ2v) is 0.0816. The fourth-order valence-corrected chi connectivity index (χ4v) is 0. The second-order valence-electron chi connectivity index (χ2n) is 0.0816. The molecule has 0 aromatic heterocycles. The summed E-state index contributed by atoms with van der Waals surface area (Å²) in [6.45, 7) is 0. The lowest BCUT2D eigenvalue weighted by Gasteiger charge is -1.32. The van der Waals surface area contributed by atoms with Crippen molar-refractivity contribution < 1.29 is 5.21 Å². The summed E-state index contributed by atoms with van der Waals surface area (Å²) in [6, 6.07) is 0. The molecule has 4 heavy (non-hydrogen) atoms. The highest BCUT2D eigenvalue weighted by Gasteiger charge is 1.18. The van der Waals surface area contributed by atoms with Gasteiger partial charge in [-0.1, -0.05) is 0 Å². The lowest BCUT2D eigenvalue weighted by atomic mass is 13.4. The van der Waals surface area contributed by atoms with Crippen LogP contribution in [0.25, 0.3) is 0 Å². The molecule has 20 valence electrons. The molecule has 0 aliphatic rings. The first kappa shape index (κ1) is 8.90. The zero-order chi connectivity index (χ0) is 2.71. The molecule has 0 amide bonds. The fourth-order valence-electron chi connectivity index (χ4n) is 0. The largest absolute Gasteiger partial charge is 0.379 e. The van der Waals surface area contributed by atoms with E-state index in [9.17, 15) is 0 Å². The van der Waals surface area contributed by atoms with Gasteiger partial charge in [-0.2, -0.15) is 0 Å². The standard InChI is InChI=1S/Mg.HNO2/c;2-1-3/h;(H,2,3). The average Bonchev–Trinajstić information content (AvgIpc) is 0.918. The minimum absolute atomic E-state index is 0. The summed E-state index contributed by atoms with van der Waals surface area (Å²) in [4.78, 5) is 8.11. The van der Waals surface area contributed by atoms with Crippen molar-refractivity contribution in [3.8, 4) is 0 Å². The molecular weight excluding hydrogens is 70.3 g/mol. The lowest BCUT2D eigenvalue weighted by Crippen LogP contribution is -1.25. The lowest BCUT2D eigenvalue weighted by molar-refractivity contribution is 0.312. The van der Waals surface area contributed by atoms with E-state index in [-0.39, 0.29) is 23.1 Å². The maximum absolute atomic E-state index is 8.11. The van der Waals surface area contributed by atoms with Gasteiger partial charge >= 0.3 is 0 Å². The molecule has 3 nitrogen and oxygen atoms in total. The van der Waals surface area contributed by atoms with Crippen LogP contribution < -0.4 is 0 Å². The highest BCUT2D eigenvalue weighted by Crippen LogP contribution is 1.25. The van der Waals surface area contributed by atoms with E-state index in [0.29, 0.717) is 0 Å². The minimum atomic E-state index is 0. The Morgan fingerprint density at radius 1 is 1.75 bits per heavy atom. The van der Waals surface area contributed by atoms with Gasteiger partial charge in [0.1, 0.15) is 0 Å². The van der Waals surface area contributed by atoms with E-state index >= 15 is 0 Å². The summed E-state index contributed by atoms with van der Waals surface area (Å²) in [6.07, 6.45) is 0. The van der Waals surface area contributed by atoms with Crippen LogP contribution in [-0.2, 0) is 0 Å². The maximum Gasteiger partial charge on any atom is 0.152 e. The van der Waals surface area contributed by atoms with Gasteiger partial charge in [0.2, 0.25) is 0 Å². The Morgan fingerprint density at radius 2 is 1.75 bits per heavy atom. The van der Waals surface area contributed by atoms with Crippen molar-refractivity contribution >= 4 is 23.1 Å². The smallest absolute Gasteiger partial charge is 0.152 e. The van der Waals surface area contributed by atoms with Crippen LogP contribution in [0.15, 0.2) is 5.34 Å². The zero-order valence-electron chi connectivity index (χ0n) is 2.01. The molecule has 0 spiro atoms. The molecule has 2 radical (unpaired) electrons. The number of hydrogen-bond donors (Lipinski definition) is 1. The van der Waals surface area contributed by atoms with Gasteiger partial charge in [0.25, 0.3) is 0 Å². The number of nitrogens with zero attached hydrogens (tertiary/aromatic N) is 1. The van der Waals surface area contributed by atoms with Gasteiger partial charge in [-0.3, -0.25) is 0 Å². The van der Waals surface area contributed by atoms with Gasteiger partial charge < -0.3 is 5.21 Å². The Morgan fingerprint density at radius 3 is 1.75 bits per heavy atom. The first-order chi connectivity index (χ1) is 1.41. The summed E-state index contributed by atoms with van der Waals surface area (Å²) in [5.41, 5.74) is 0. The molecule has 0 saturated carbocycles. The predicted molar refractivity (Wildman–Crippen MR) is 13.3 cm³/mol. The predicted octanol–water partition coefficient (Wildman–Crippen LogP) is -0.239. The third-order valence-electron chi connectivity index (χ3n) is 0. The molecule has 0 atom stereocenters. The van der Waals surface area contributed by atoms with Crippen LogP contribution in [0.4, 0.5) is 0 Å². The second kappa shape index (κ2) is 10.9. The van der Waals surface area contributed by atoms with Gasteiger partial charge in [-0.15, -0.1) is 4.91 Å². The molecule has 0 unspecified atom stereocenters. The fraction of sp³-hybridized carbons (Fsp3) is 0. The highest BCUT2D eigenvalue weighted by atomic mass is 24.3. The van der Waals surface area contributed by atoms with Crippen LogP contribution in [0.2, 0.25) is 0 Å². The number of hydrogen-bond acceptors (Lipinski definition) is 2. The van der Waals surface area contributed by atoms with Gasteiger partial charge in [0, 0.05) is 23.1 Å². The van der Waals surface area contributed by atoms with Crippen LogP contribution in [0.5, 0.6) is 0 Å². The van der Waals surface area contributed by atoms with Crippen molar-refractivity contribution in [3.63, 3.8) is 0 Å².